The van der Waals surface area contributed by atoms with Crippen molar-refractivity contribution in [3.63, 3.8) is 0 Å². The van der Waals surface area contributed by atoms with Crippen LogP contribution in [0.25, 0.3) is 5.57 Å². The smallest absolute Gasteiger partial charge is 0.0838 e. The molecule has 1 aliphatic carbocycles. The molecule has 0 aromatic carbocycles. The van der Waals surface area contributed by atoms with E-state index in [1.54, 1.807) is 12.4 Å². The van der Waals surface area contributed by atoms with Crippen molar-refractivity contribution < 1.29 is 0 Å². The first-order valence-corrected chi connectivity index (χ1v) is 5.49. The summed E-state index contributed by atoms with van der Waals surface area (Å²) in [6.45, 7) is 0.683. The molecule has 2 aromatic heterocycles. The van der Waals surface area contributed by atoms with E-state index in [1.165, 1.54) is 0 Å². The average Bonchev–Trinajstić information content (AvgIpc) is 3.00. The lowest BCUT2D eigenvalue weighted by atomic mass is 10.2. The van der Waals surface area contributed by atoms with E-state index >= 15 is 0 Å². The molecule has 3 heteroatoms. The first-order chi connectivity index (χ1) is 8.43. The fourth-order valence-corrected chi connectivity index (χ4v) is 1.82. The van der Waals surface area contributed by atoms with Crippen LogP contribution in [0.1, 0.15) is 11.4 Å². The molecule has 17 heavy (non-hydrogen) atoms. The number of aromatic nitrogens is 3. The lowest BCUT2D eigenvalue weighted by Gasteiger charge is -2.05. The van der Waals surface area contributed by atoms with Crippen LogP contribution in [0.2, 0.25) is 0 Å². The maximum atomic E-state index is 4.32. The monoisotopic (exact) mass is 221 g/mol. The Morgan fingerprint density at radius 2 is 2.18 bits per heavy atom. The summed E-state index contributed by atoms with van der Waals surface area (Å²) in [4.78, 5) is 4.31. The van der Waals surface area contributed by atoms with Crippen molar-refractivity contribution >= 4 is 5.57 Å². The molecule has 2 aromatic rings. The largest absolute Gasteiger partial charge is 0.259 e. The predicted molar refractivity (Wildman–Crippen MR) is 66.2 cm³/mol. The molecule has 0 amide bonds. The topological polar surface area (TPSA) is 30.7 Å². The van der Waals surface area contributed by atoms with Crippen molar-refractivity contribution in [1.82, 2.24) is 14.8 Å². The number of hydrogen-bond acceptors (Lipinski definition) is 2. The van der Waals surface area contributed by atoms with Crippen LogP contribution in [0.4, 0.5) is 0 Å². The summed E-state index contributed by atoms with van der Waals surface area (Å²) in [5.41, 5.74) is 6.33. The Bertz CT molecular complexity index is 614. The first-order valence-electron chi connectivity index (χ1n) is 5.49. The quantitative estimate of drug-likeness (QED) is 0.745. The molecule has 0 saturated carbocycles. The predicted octanol–water partition coefficient (Wildman–Crippen LogP) is 2.43. The van der Waals surface area contributed by atoms with E-state index in [4.69, 9.17) is 0 Å². The summed E-state index contributed by atoms with van der Waals surface area (Å²) < 4.78 is 1.94. The molecule has 0 unspecified atom stereocenters. The zero-order chi connectivity index (χ0) is 11.5. The normalized spacial score (nSPS) is 13.1. The van der Waals surface area contributed by atoms with Crippen molar-refractivity contribution in [2.75, 3.05) is 0 Å². The minimum atomic E-state index is 0.683. The third kappa shape index (κ3) is 1.96. The first kappa shape index (κ1) is 9.82. The number of pyridine rings is 1. The second kappa shape index (κ2) is 4.24. The number of hydrogen-bond donors (Lipinski definition) is 0. The van der Waals surface area contributed by atoms with Crippen molar-refractivity contribution in [2.45, 2.75) is 6.54 Å². The van der Waals surface area contributed by atoms with E-state index in [0.29, 0.717) is 6.54 Å². The van der Waals surface area contributed by atoms with Crippen LogP contribution >= 0.6 is 0 Å². The zero-order valence-electron chi connectivity index (χ0n) is 9.24. The summed E-state index contributed by atoms with van der Waals surface area (Å²) in [6, 6.07) is 7.90. The Kier molecular flexibility index (Phi) is 2.45. The highest BCUT2D eigenvalue weighted by atomic mass is 15.3. The molecule has 0 N–H and O–H groups in total. The Morgan fingerprint density at radius 3 is 2.94 bits per heavy atom. The maximum absolute atomic E-state index is 4.32. The molecule has 3 rings (SSSR count). The zero-order valence-corrected chi connectivity index (χ0v) is 9.24. The molecule has 1 aliphatic rings. The van der Waals surface area contributed by atoms with Gasteiger partial charge in [-0.3, -0.25) is 9.67 Å². The number of allylic oxidation sites excluding steroid dienone is 3. The molecule has 3 nitrogen and oxygen atoms in total. The van der Waals surface area contributed by atoms with E-state index in [1.807, 2.05) is 47.2 Å². The molecule has 2 heterocycles. The van der Waals surface area contributed by atoms with Gasteiger partial charge in [0.15, 0.2) is 0 Å². The van der Waals surface area contributed by atoms with Crippen LogP contribution in [0.5, 0.6) is 0 Å². The van der Waals surface area contributed by atoms with Crippen LogP contribution in [-0.4, -0.2) is 14.8 Å². The minimum absolute atomic E-state index is 0.683. The molecule has 0 spiro atoms. The molecular formula is C14H11N3. The molecule has 0 fully saturated rings. The van der Waals surface area contributed by atoms with Gasteiger partial charge in [0.1, 0.15) is 0 Å². The molecule has 82 valence electrons. The lowest BCUT2D eigenvalue weighted by molar-refractivity contribution is 0.665. The van der Waals surface area contributed by atoms with Gasteiger partial charge in [0, 0.05) is 18.0 Å². The van der Waals surface area contributed by atoms with Crippen molar-refractivity contribution in [3.05, 3.63) is 72.0 Å². The molecule has 0 bridgehead atoms. The highest BCUT2D eigenvalue weighted by molar-refractivity contribution is 5.74. The summed E-state index contributed by atoms with van der Waals surface area (Å²) >= 11 is 0. The highest BCUT2D eigenvalue weighted by Gasteiger charge is 2.07. The van der Waals surface area contributed by atoms with Gasteiger partial charge in [-0.25, -0.2) is 0 Å². The fourth-order valence-electron chi connectivity index (χ4n) is 1.82. The Labute approximate surface area is 99.4 Å². The van der Waals surface area contributed by atoms with Crippen LogP contribution in [0.3, 0.4) is 0 Å². The standard InChI is InChI=1S/C14H11N3/c1-2-6-12(5-1)14-8-10-16-17(14)11-13-7-3-4-9-15-13/h1-5,7-10H,11H2. The van der Waals surface area contributed by atoms with E-state index in [2.05, 4.69) is 15.8 Å². The van der Waals surface area contributed by atoms with Gasteiger partial charge in [-0.05, 0) is 30.4 Å². The lowest BCUT2D eigenvalue weighted by Crippen LogP contribution is -2.06. The average molecular weight is 221 g/mol. The van der Waals surface area contributed by atoms with E-state index in [0.717, 1.165) is 17.0 Å². The highest BCUT2D eigenvalue weighted by Crippen LogP contribution is 2.17. The fraction of sp³-hybridized carbons (Fsp3) is 0.0714. The van der Waals surface area contributed by atoms with Gasteiger partial charge in [0.25, 0.3) is 0 Å². The van der Waals surface area contributed by atoms with Crippen LogP contribution in [-0.2, 0) is 6.54 Å². The van der Waals surface area contributed by atoms with E-state index in [9.17, 15) is 0 Å². The third-order valence-corrected chi connectivity index (χ3v) is 2.63. The second-order valence-electron chi connectivity index (χ2n) is 3.78. The van der Waals surface area contributed by atoms with Gasteiger partial charge >= 0.3 is 0 Å². The Hall–Kier alpha value is -2.38. The van der Waals surface area contributed by atoms with Crippen molar-refractivity contribution in [1.29, 1.82) is 0 Å². The third-order valence-electron chi connectivity index (χ3n) is 2.63. The van der Waals surface area contributed by atoms with E-state index < -0.39 is 0 Å². The SMILES string of the molecule is C1=CC=CC=1c1ccnn1Cc1ccccn1. The molecule has 0 atom stereocenters. The van der Waals surface area contributed by atoms with E-state index in [-0.39, 0.29) is 0 Å². The van der Waals surface area contributed by atoms with Gasteiger partial charge in [-0.1, -0.05) is 12.1 Å². The van der Waals surface area contributed by atoms with Crippen molar-refractivity contribution in [2.24, 2.45) is 0 Å². The summed E-state index contributed by atoms with van der Waals surface area (Å²) in [7, 11) is 0. The molecular weight excluding hydrogens is 210 g/mol. The minimum Gasteiger partial charge on any atom is -0.259 e. The Balaban J connectivity index is 1.92. The summed E-state index contributed by atoms with van der Waals surface area (Å²) in [5, 5.41) is 4.32. The number of nitrogens with zero attached hydrogens (tertiary/aromatic N) is 3. The number of rotatable bonds is 3. The summed E-state index contributed by atoms with van der Waals surface area (Å²) in [6.07, 6.45) is 9.53. The second-order valence-corrected chi connectivity index (χ2v) is 3.78. The molecule has 0 saturated heterocycles. The van der Waals surface area contributed by atoms with Crippen LogP contribution in [0.15, 0.2) is 60.6 Å². The molecule has 0 aliphatic heterocycles. The van der Waals surface area contributed by atoms with Gasteiger partial charge in [-0.2, -0.15) is 5.10 Å². The maximum Gasteiger partial charge on any atom is 0.0838 e. The van der Waals surface area contributed by atoms with Crippen molar-refractivity contribution in [3.8, 4) is 0 Å². The van der Waals surface area contributed by atoms with Gasteiger partial charge < -0.3 is 0 Å². The van der Waals surface area contributed by atoms with Gasteiger partial charge in [0.2, 0.25) is 0 Å². The summed E-state index contributed by atoms with van der Waals surface area (Å²) in [5.74, 6) is 0. The van der Waals surface area contributed by atoms with Gasteiger partial charge in [0.05, 0.1) is 17.9 Å². The molecule has 0 radical (unpaired) electrons. The van der Waals surface area contributed by atoms with Crippen LogP contribution < -0.4 is 0 Å². The Morgan fingerprint density at radius 1 is 1.18 bits per heavy atom. The van der Waals surface area contributed by atoms with Gasteiger partial charge in [-0.15, -0.1) is 5.73 Å². The van der Waals surface area contributed by atoms with Crippen LogP contribution in [0, 0.1) is 0 Å².